The minimum absolute atomic E-state index is 0.542. The molecule has 1 aromatic heterocycles. The Balaban J connectivity index is 1.96. The summed E-state index contributed by atoms with van der Waals surface area (Å²) in [5.41, 5.74) is 1.10. The van der Waals surface area contributed by atoms with E-state index in [2.05, 4.69) is 28.3 Å². The highest BCUT2D eigenvalue weighted by molar-refractivity contribution is 5.34. The molecule has 0 radical (unpaired) electrons. The lowest BCUT2D eigenvalue weighted by molar-refractivity contribution is 0.156. The van der Waals surface area contributed by atoms with Crippen LogP contribution in [0.3, 0.4) is 0 Å². The number of aromatic nitrogens is 1. The fourth-order valence-corrected chi connectivity index (χ4v) is 1.96. The van der Waals surface area contributed by atoms with Gasteiger partial charge in [0.2, 0.25) is 0 Å². The van der Waals surface area contributed by atoms with Crippen molar-refractivity contribution < 1.29 is 4.74 Å². The number of nitrogens with zero attached hydrogens (tertiary/aromatic N) is 2. The molecule has 88 valence electrons. The molecule has 2 rings (SSSR count). The van der Waals surface area contributed by atoms with Gasteiger partial charge in [0, 0.05) is 26.2 Å². The molecule has 1 unspecified atom stereocenters. The van der Waals surface area contributed by atoms with E-state index in [1.54, 1.807) is 0 Å². The van der Waals surface area contributed by atoms with Crippen LogP contribution in [-0.4, -0.2) is 43.2 Å². The zero-order valence-corrected chi connectivity index (χ0v) is 9.94. The van der Waals surface area contributed by atoms with Gasteiger partial charge in [0.25, 0.3) is 0 Å². The van der Waals surface area contributed by atoms with E-state index >= 15 is 0 Å². The Morgan fingerprint density at radius 2 is 2.44 bits per heavy atom. The van der Waals surface area contributed by atoms with E-state index in [9.17, 15) is 0 Å². The molecular formula is C12H19N3O. The van der Waals surface area contributed by atoms with Crippen LogP contribution in [0.25, 0.3) is 0 Å². The first-order valence-electron chi connectivity index (χ1n) is 5.71. The molecular weight excluding hydrogens is 202 g/mol. The van der Waals surface area contributed by atoms with Gasteiger partial charge in [-0.2, -0.15) is 0 Å². The lowest BCUT2D eigenvalue weighted by atomic mass is 10.2. The van der Waals surface area contributed by atoms with Crippen molar-refractivity contribution in [2.75, 3.05) is 32.6 Å². The molecule has 1 saturated heterocycles. The van der Waals surface area contributed by atoms with E-state index in [-0.39, 0.29) is 0 Å². The average molecular weight is 221 g/mol. The Bertz CT molecular complexity index is 337. The van der Waals surface area contributed by atoms with Gasteiger partial charge >= 0.3 is 0 Å². The third kappa shape index (κ3) is 2.71. The monoisotopic (exact) mass is 221 g/mol. The van der Waals surface area contributed by atoms with E-state index in [1.807, 2.05) is 19.2 Å². The van der Waals surface area contributed by atoms with Crippen molar-refractivity contribution in [2.24, 2.45) is 0 Å². The van der Waals surface area contributed by atoms with Crippen LogP contribution in [-0.2, 0) is 11.3 Å². The molecule has 0 aromatic carbocycles. The number of pyridine rings is 1. The molecule has 1 aliphatic heterocycles. The molecule has 16 heavy (non-hydrogen) atoms. The standard InChI is InChI=1S/C12H19N3O/c1-13-12-5-3-4-10(14-12)8-15(2)11-6-7-16-9-11/h3-5,11H,6-9H2,1-2H3,(H,13,14). The predicted molar refractivity (Wildman–Crippen MR) is 64.5 cm³/mol. The maximum atomic E-state index is 5.39. The van der Waals surface area contributed by atoms with Crippen molar-refractivity contribution in [1.29, 1.82) is 0 Å². The maximum Gasteiger partial charge on any atom is 0.126 e. The molecule has 0 amide bonds. The van der Waals surface area contributed by atoms with E-state index in [0.29, 0.717) is 6.04 Å². The number of rotatable bonds is 4. The highest BCUT2D eigenvalue weighted by Crippen LogP contribution is 2.13. The first-order chi connectivity index (χ1) is 7.79. The third-order valence-corrected chi connectivity index (χ3v) is 3.00. The first-order valence-corrected chi connectivity index (χ1v) is 5.71. The maximum absolute atomic E-state index is 5.39. The molecule has 0 bridgehead atoms. The third-order valence-electron chi connectivity index (χ3n) is 3.00. The Morgan fingerprint density at radius 1 is 1.56 bits per heavy atom. The number of likely N-dealkylation sites (N-methyl/N-ethyl adjacent to an activating group) is 1. The topological polar surface area (TPSA) is 37.4 Å². The van der Waals surface area contributed by atoms with Crippen molar-refractivity contribution in [3.05, 3.63) is 23.9 Å². The van der Waals surface area contributed by atoms with Gasteiger partial charge in [-0.3, -0.25) is 4.90 Å². The normalized spacial score (nSPS) is 20.3. The van der Waals surface area contributed by atoms with Gasteiger partial charge in [-0.1, -0.05) is 6.07 Å². The Kier molecular flexibility index (Phi) is 3.74. The van der Waals surface area contributed by atoms with Crippen LogP contribution < -0.4 is 5.32 Å². The Hall–Kier alpha value is -1.13. The number of nitrogens with one attached hydrogen (secondary N) is 1. The van der Waals surface area contributed by atoms with Crippen LogP contribution >= 0.6 is 0 Å². The molecule has 2 heterocycles. The smallest absolute Gasteiger partial charge is 0.126 e. The van der Waals surface area contributed by atoms with Crippen molar-refractivity contribution in [2.45, 2.75) is 19.0 Å². The summed E-state index contributed by atoms with van der Waals surface area (Å²) in [5.74, 6) is 0.925. The number of hydrogen-bond acceptors (Lipinski definition) is 4. The van der Waals surface area contributed by atoms with Gasteiger partial charge in [0.15, 0.2) is 0 Å². The van der Waals surface area contributed by atoms with Crippen LogP contribution in [0, 0.1) is 0 Å². The summed E-state index contributed by atoms with van der Waals surface area (Å²) in [5, 5.41) is 3.06. The number of anilines is 1. The fourth-order valence-electron chi connectivity index (χ4n) is 1.96. The second kappa shape index (κ2) is 5.27. The Morgan fingerprint density at radius 3 is 3.12 bits per heavy atom. The van der Waals surface area contributed by atoms with Gasteiger partial charge in [-0.15, -0.1) is 0 Å². The lowest BCUT2D eigenvalue weighted by Crippen LogP contribution is -2.31. The zero-order chi connectivity index (χ0) is 11.4. The second-order valence-electron chi connectivity index (χ2n) is 4.20. The van der Waals surface area contributed by atoms with Gasteiger partial charge in [0.05, 0.1) is 12.3 Å². The van der Waals surface area contributed by atoms with Crippen LogP contribution in [0.1, 0.15) is 12.1 Å². The molecule has 0 aliphatic carbocycles. The molecule has 1 fully saturated rings. The average Bonchev–Trinajstić information content (AvgIpc) is 2.83. The number of hydrogen-bond donors (Lipinski definition) is 1. The van der Waals surface area contributed by atoms with E-state index in [0.717, 1.165) is 37.7 Å². The summed E-state index contributed by atoms with van der Waals surface area (Å²) in [6, 6.07) is 6.61. The minimum Gasteiger partial charge on any atom is -0.380 e. The van der Waals surface area contributed by atoms with Crippen molar-refractivity contribution in [3.8, 4) is 0 Å². The van der Waals surface area contributed by atoms with Crippen molar-refractivity contribution in [1.82, 2.24) is 9.88 Å². The summed E-state index contributed by atoms with van der Waals surface area (Å²) in [6.45, 7) is 2.62. The Labute approximate surface area is 96.6 Å². The highest BCUT2D eigenvalue weighted by Gasteiger charge is 2.20. The summed E-state index contributed by atoms with van der Waals surface area (Å²) >= 11 is 0. The molecule has 4 nitrogen and oxygen atoms in total. The molecule has 4 heteroatoms. The predicted octanol–water partition coefficient (Wildman–Crippen LogP) is 1.34. The molecule has 1 N–H and O–H groups in total. The molecule has 1 aliphatic rings. The molecule has 0 spiro atoms. The van der Waals surface area contributed by atoms with Gasteiger partial charge in [-0.05, 0) is 25.6 Å². The quantitative estimate of drug-likeness (QED) is 0.832. The minimum atomic E-state index is 0.542. The summed E-state index contributed by atoms with van der Waals surface area (Å²) < 4.78 is 5.39. The SMILES string of the molecule is CNc1cccc(CN(C)C2CCOC2)n1. The van der Waals surface area contributed by atoms with Crippen LogP contribution in [0.5, 0.6) is 0 Å². The molecule has 1 atom stereocenters. The van der Waals surface area contributed by atoms with Crippen LogP contribution in [0.2, 0.25) is 0 Å². The van der Waals surface area contributed by atoms with E-state index in [4.69, 9.17) is 4.74 Å². The van der Waals surface area contributed by atoms with Gasteiger partial charge < -0.3 is 10.1 Å². The second-order valence-corrected chi connectivity index (χ2v) is 4.20. The number of ether oxygens (including phenoxy) is 1. The van der Waals surface area contributed by atoms with Crippen molar-refractivity contribution in [3.63, 3.8) is 0 Å². The zero-order valence-electron chi connectivity index (χ0n) is 9.94. The highest BCUT2D eigenvalue weighted by atomic mass is 16.5. The van der Waals surface area contributed by atoms with Crippen molar-refractivity contribution >= 4 is 5.82 Å². The summed E-state index contributed by atoms with van der Waals surface area (Å²) in [4.78, 5) is 6.82. The lowest BCUT2D eigenvalue weighted by Gasteiger charge is -2.22. The fraction of sp³-hybridized carbons (Fsp3) is 0.583. The summed E-state index contributed by atoms with van der Waals surface area (Å²) in [6.07, 6.45) is 1.13. The largest absolute Gasteiger partial charge is 0.380 e. The first kappa shape index (κ1) is 11.4. The van der Waals surface area contributed by atoms with E-state index < -0.39 is 0 Å². The van der Waals surface area contributed by atoms with Gasteiger partial charge in [0.1, 0.15) is 5.82 Å². The molecule has 1 aromatic rings. The van der Waals surface area contributed by atoms with E-state index in [1.165, 1.54) is 0 Å². The van der Waals surface area contributed by atoms with Crippen LogP contribution in [0.15, 0.2) is 18.2 Å². The summed E-state index contributed by atoms with van der Waals surface area (Å²) in [7, 11) is 4.02. The van der Waals surface area contributed by atoms with Gasteiger partial charge in [-0.25, -0.2) is 4.98 Å². The van der Waals surface area contributed by atoms with Crippen LogP contribution in [0.4, 0.5) is 5.82 Å². The molecule has 0 saturated carbocycles.